The van der Waals surface area contributed by atoms with Crippen molar-refractivity contribution in [3.8, 4) is 0 Å². The second kappa shape index (κ2) is 6.39. The predicted molar refractivity (Wildman–Crippen MR) is 92.2 cm³/mol. The standard InChI is InChI=1S/C15H10Cl2N2O3S/c16-9-5-10(17)7-11(6-9)18-14(20)8-23-15(18)12-3-1-2-4-13(12)19(21)22/h1-7,15H,8H2/t15-/m0/s1. The summed E-state index contributed by atoms with van der Waals surface area (Å²) >= 11 is 13.4. The van der Waals surface area contributed by atoms with E-state index in [0.29, 0.717) is 21.3 Å². The van der Waals surface area contributed by atoms with Gasteiger partial charge >= 0.3 is 0 Å². The van der Waals surface area contributed by atoms with Crippen LogP contribution in [0.2, 0.25) is 10.0 Å². The first-order valence-electron chi connectivity index (χ1n) is 6.60. The minimum Gasteiger partial charge on any atom is -0.295 e. The van der Waals surface area contributed by atoms with Crippen molar-refractivity contribution in [2.24, 2.45) is 0 Å². The van der Waals surface area contributed by atoms with E-state index in [4.69, 9.17) is 23.2 Å². The van der Waals surface area contributed by atoms with Gasteiger partial charge in [0.15, 0.2) is 0 Å². The van der Waals surface area contributed by atoms with E-state index in [1.54, 1.807) is 36.4 Å². The first-order chi connectivity index (χ1) is 11.0. The highest BCUT2D eigenvalue weighted by atomic mass is 35.5. The van der Waals surface area contributed by atoms with Gasteiger partial charge in [0.1, 0.15) is 5.37 Å². The molecule has 0 radical (unpaired) electrons. The van der Waals surface area contributed by atoms with Gasteiger partial charge in [-0.1, -0.05) is 35.3 Å². The molecule has 0 aromatic heterocycles. The number of carbonyl (C=O) groups excluding carboxylic acids is 1. The minimum absolute atomic E-state index is 0.0159. The lowest BCUT2D eigenvalue weighted by Gasteiger charge is -2.24. The summed E-state index contributed by atoms with van der Waals surface area (Å²) in [5.41, 5.74) is 0.989. The third kappa shape index (κ3) is 3.15. The van der Waals surface area contributed by atoms with E-state index in [0.717, 1.165) is 0 Å². The van der Waals surface area contributed by atoms with Gasteiger partial charge < -0.3 is 0 Å². The molecule has 0 unspecified atom stereocenters. The summed E-state index contributed by atoms with van der Waals surface area (Å²) in [5, 5.41) is 11.6. The monoisotopic (exact) mass is 368 g/mol. The molecule has 1 aliphatic heterocycles. The molecule has 1 fully saturated rings. The topological polar surface area (TPSA) is 63.4 Å². The number of hydrogen-bond acceptors (Lipinski definition) is 4. The van der Waals surface area contributed by atoms with E-state index in [2.05, 4.69) is 0 Å². The van der Waals surface area contributed by atoms with Crippen LogP contribution in [0.25, 0.3) is 0 Å². The summed E-state index contributed by atoms with van der Waals surface area (Å²) in [6, 6.07) is 11.2. The maximum Gasteiger partial charge on any atom is 0.275 e. The van der Waals surface area contributed by atoms with Gasteiger partial charge in [0.25, 0.3) is 5.69 Å². The van der Waals surface area contributed by atoms with E-state index in [9.17, 15) is 14.9 Å². The maximum atomic E-state index is 12.3. The fourth-order valence-electron chi connectivity index (χ4n) is 2.47. The Morgan fingerprint density at radius 1 is 1.17 bits per heavy atom. The number of para-hydroxylation sites is 1. The number of carbonyl (C=O) groups is 1. The lowest BCUT2D eigenvalue weighted by Crippen LogP contribution is -2.28. The van der Waals surface area contributed by atoms with Gasteiger partial charge in [-0.2, -0.15) is 0 Å². The number of anilines is 1. The summed E-state index contributed by atoms with van der Waals surface area (Å²) < 4.78 is 0. The molecular weight excluding hydrogens is 359 g/mol. The Kier molecular flexibility index (Phi) is 4.48. The number of hydrogen-bond donors (Lipinski definition) is 0. The van der Waals surface area contributed by atoms with Crippen LogP contribution < -0.4 is 4.90 Å². The average molecular weight is 369 g/mol. The highest BCUT2D eigenvalue weighted by Crippen LogP contribution is 2.45. The Morgan fingerprint density at radius 2 is 1.83 bits per heavy atom. The van der Waals surface area contributed by atoms with Crippen LogP contribution in [-0.4, -0.2) is 16.6 Å². The SMILES string of the molecule is O=C1CS[C@@H](c2ccccc2[N+](=O)[O-])N1c1cc(Cl)cc(Cl)c1. The zero-order valence-corrected chi connectivity index (χ0v) is 13.9. The van der Waals surface area contributed by atoms with Crippen LogP contribution in [-0.2, 0) is 4.79 Å². The lowest BCUT2D eigenvalue weighted by atomic mass is 10.1. The fourth-order valence-corrected chi connectivity index (χ4v) is 4.20. The number of amides is 1. The van der Waals surface area contributed by atoms with Gasteiger partial charge in [-0.15, -0.1) is 11.8 Å². The minimum atomic E-state index is -0.487. The molecule has 0 spiro atoms. The van der Waals surface area contributed by atoms with Gasteiger partial charge in [-0.05, 0) is 24.3 Å². The number of nitro groups is 1. The van der Waals surface area contributed by atoms with Gasteiger partial charge in [0.2, 0.25) is 5.91 Å². The predicted octanol–water partition coefficient (Wildman–Crippen LogP) is 4.68. The van der Waals surface area contributed by atoms with Crippen molar-refractivity contribution in [1.29, 1.82) is 0 Å². The van der Waals surface area contributed by atoms with Crippen LogP contribution in [0.5, 0.6) is 0 Å². The Bertz CT molecular complexity index is 780. The van der Waals surface area contributed by atoms with E-state index >= 15 is 0 Å². The zero-order chi connectivity index (χ0) is 16.6. The van der Waals surface area contributed by atoms with Crippen molar-refractivity contribution in [3.05, 3.63) is 68.2 Å². The first kappa shape index (κ1) is 16.1. The molecule has 0 N–H and O–H groups in total. The molecule has 0 saturated carbocycles. The molecule has 3 rings (SSSR count). The molecule has 1 saturated heterocycles. The Hall–Kier alpha value is -1.76. The quantitative estimate of drug-likeness (QED) is 0.582. The molecule has 1 atom stereocenters. The summed E-state index contributed by atoms with van der Waals surface area (Å²) in [7, 11) is 0. The summed E-state index contributed by atoms with van der Waals surface area (Å²) in [6.45, 7) is 0. The lowest BCUT2D eigenvalue weighted by molar-refractivity contribution is -0.385. The zero-order valence-electron chi connectivity index (χ0n) is 11.6. The molecule has 1 amide bonds. The molecule has 1 heterocycles. The summed E-state index contributed by atoms with van der Waals surface area (Å²) in [5.74, 6) is 0.0948. The van der Waals surface area contributed by atoms with Crippen LogP contribution >= 0.6 is 35.0 Å². The Labute approximate surface area is 146 Å². The van der Waals surface area contributed by atoms with E-state index in [-0.39, 0.29) is 17.3 Å². The van der Waals surface area contributed by atoms with Crippen molar-refractivity contribution >= 4 is 52.2 Å². The smallest absolute Gasteiger partial charge is 0.275 e. The molecule has 0 bridgehead atoms. The third-order valence-electron chi connectivity index (χ3n) is 3.39. The number of halogens is 2. The van der Waals surface area contributed by atoms with Crippen LogP contribution in [0.15, 0.2) is 42.5 Å². The number of nitro benzene ring substituents is 1. The molecule has 0 aliphatic carbocycles. The normalized spacial score (nSPS) is 17.6. The number of benzene rings is 2. The van der Waals surface area contributed by atoms with Gasteiger partial charge in [-0.25, -0.2) is 0 Å². The largest absolute Gasteiger partial charge is 0.295 e. The van der Waals surface area contributed by atoms with Crippen LogP contribution in [0.4, 0.5) is 11.4 Å². The van der Waals surface area contributed by atoms with Crippen molar-refractivity contribution in [3.63, 3.8) is 0 Å². The second-order valence-electron chi connectivity index (χ2n) is 4.87. The van der Waals surface area contributed by atoms with Gasteiger partial charge in [0.05, 0.1) is 16.2 Å². The van der Waals surface area contributed by atoms with Crippen molar-refractivity contribution in [2.75, 3.05) is 10.7 Å². The highest BCUT2D eigenvalue weighted by Gasteiger charge is 2.37. The van der Waals surface area contributed by atoms with Crippen molar-refractivity contribution in [2.45, 2.75) is 5.37 Å². The molecular formula is C15H10Cl2N2O3S. The summed E-state index contributed by atoms with van der Waals surface area (Å²) in [4.78, 5) is 24.6. The number of nitrogens with zero attached hydrogens (tertiary/aromatic N) is 2. The maximum absolute atomic E-state index is 12.3. The third-order valence-corrected chi connectivity index (χ3v) is 5.02. The first-order valence-corrected chi connectivity index (χ1v) is 8.41. The van der Waals surface area contributed by atoms with Gasteiger partial charge in [-0.3, -0.25) is 19.8 Å². The molecule has 8 heteroatoms. The number of thioether (sulfide) groups is 1. The highest BCUT2D eigenvalue weighted by molar-refractivity contribution is 8.00. The van der Waals surface area contributed by atoms with E-state index in [1.165, 1.54) is 22.7 Å². The second-order valence-corrected chi connectivity index (χ2v) is 6.81. The Morgan fingerprint density at radius 3 is 2.48 bits per heavy atom. The van der Waals surface area contributed by atoms with Gasteiger partial charge in [0, 0.05) is 21.8 Å². The average Bonchev–Trinajstić information content (AvgIpc) is 2.87. The molecule has 23 heavy (non-hydrogen) atoms. The van der Waals surface area contributed by atoms with Crippen LogP contribution in [0.1, 0.15) is 10.9 Å². The molecule has 5 nitrogen and oxygen atoms in total. The van der Waals surface area contributed by atoms with Crippen LogP contribution in [0, 0.1) is 10.1 Å². The fraction of sp³-hybridized carbons (Fsp3) is 0.133. The van der Waals surface area contributed by atoms with Crippen molar-refractivity contribution in [1.82, 2.24) is 0 Å². The van der Waals surface area contributed by atoms with Crippen molar-refractivity contribution < 1.29 is 9.72 Å². The Balaban J connectivity index is 2.09. The molecule has 118 valence electrons. The molecule has 2 aromatic carbocycles. The summed E-state index contributed by atoms with van der Waals surface area (Å²) in [6.07, 6.45) is 0. The van der Waals surface area contributed by atoms with Crippen LogP contribution in [0.3, 0.4) is 0 Å². The van der Waals surface area contributed by atoms with E-state index < -0.39 is 10.3 Å². The van der Waals surface area contributed by atoms with E-state index in [1.807, 2.05) is 0 Å². The number of rotatable bonds is 3. The molecule has 2 aromatic rings. The molecule has 1 aliphatic rings.